The number of ether oxygens (including phenoxy) is 1. The lowest BCUT2D eigenvalue weighted by atomic mass is 10.1. The van der Waals surface area contributed by atoms with E-state index >= 15 is 0 Å². The molecule has 1 fully saturated rings. The van der Waals surface area contributed by atoms with Gasteiger partial charge >= 0.3 is 0 Å². The average molecular weight is 314 g/mol. The number of nitrogens with zero attached hydrogens (tertiary/aromatic N) is 4. The zero-order chi connectivity index (χ0) is 16.2. The normalized spacial score (nSPS) is 17.8. The predicted molar refractivity (Wildman–Crippen MR) is 83.3 cm³/mol. The van der Waals surface area contributed by atoms with E-state index in [4.69, 9.17) is 4.74 Å². The molecule has 0 saturated carbocycles. The van der Waals surface area contributed by atoms with E-state index in [0.29, 0.717) is 13.1 Å². The van der Waals surface area contributed by atoms with E-state index in [2.05, 4.69) is 10.1 Å². The van der Waals surface area contributed by atoms with Gasteiger partial charge in [-0.1, -0.05) is 0 Å². The van der Waals surface area contributed by atoms with Crippen molar-refractivity contribution in [3.05, 3.63) is 52.7 Å². The highest BCUT2D eigenvalue weighted by molar-refractivity contribution is 5.92. The van der Waals surface area contributed by atoms with Crippen LogP contribution in [0.1, 0.15) is 23.3 Å². The summed E-state index contributed by atoms with van der Waals surface area (Å²) in [5.41, 5.74) is 0.0377. The van der Waals surface area contributed by atoms with Gasteiger partial charge in [-0.05, 0) is 31.0 Å². The molecule has 1 amide bonds. The van der Waals surface area contributed by atoms with Crippen LogP contribution in [-0.2, 0) is 7.05 Å². The molecule has 7 nitrogen and oxygen atoms in total. The van der Waals surface area contributed by atoms with Crippen molar-refractivity contribution in [2.45, 2.75) is 18.9 Å². The Hall–Kier alpha value is -2.70. The zero-order valence-corrected chi connectivity index (χ0v) is 12.9. The van der Waals surface area contributed by atoms with Crippen LogP contribution in [0.25, 0.3) is 0 Å². The van der Waals surface area contributed by atoms with Crippen molar-refractivity contribution in [2.75, 3.05) is 13.1 Å². The molecule has 3 heterocycles. The lowest BCUT2D eigenvalue weighted by Crippen LogP contribution is -2.45. The molecular formula is C16H18N4O3. The third-order valence-electron chi connectivity index (χ3n) is 3.80. The van der Waals surface area contributed by atoms with Crippen molar-refractivity contribution in [3.63, 3.8) is 0 Å². The first-order chi connectivity index (χ1) is 11.1. The molecule has 120 valence electrons. The molecule has 0 aromatic carbocycles. The van der Waals surface area contributed by atoms with Gasteiger partial charge in [-0.2, -0.15) is 5.10 Å². The molecule has 2 aromatic rings. The van der Waals surface area contributed by atoms with E-state index in [1.54, 1.807) is 29.4 Å². The smallest absolute Gasteiger partial charge is 0.274 e. The van der Waals surface area contributed by atoms with E-state index in [-0.39, 0.29) is 23.3 Å². The van der Waals surface area contributed by atoms with Crippen LogP contribution in [0.3, 0.4) is 0 Å². The largest absolute Gasteiger partial charge is 0.488 e. The number of carbonyl (C=O) groups excluding carboxylic acids is 1. The molecule has 3 rings (SSSR count). The number of piperidine rings is 1. The maximum Gasteiger partial charge on any atom is 0.274 e. The number of carbonyl (C=O) groups is 1. The summed E-state index contributed by atoms with van der Waals surface area (Å²) in [6, 6.07) is 6.43. The van der Waals surface area contributed by atoms with E-state index < -0.39 is 0 Å². The van der Waals surface area contributed by atoms with Crippen LogP contribution in [-0.4, -0.2) is 44.8 Å². The first-order valence-electron chi connectivity index (χ1n) is 7.54. The average Bonchev–Trinajstić information content (AvgIpc) is 2.58. The molecule has 0 bridgehead atoms. The van der Waals surface area contributed by atoms with Crippen LogP contribution >= 0.6 is 0 Å². The Balaban J connectivity index is 1.69. The summed E-state index contributed by atoms with van der Waals surface area (Å²) in [5, 5.41) is 4.02. The van der Waals surface area contributed by atoms with Crippen molar-refractivity contribution >= 4 is 5.91 Å². The topological polar surface area (TPSA) is 77.3 Å². The van der Waals surface area contributed by atoms with E-state index in [9.17, 15) is 9.59 Å². The molecule has 7 heteroatoms. The van der Waals surface area contributed by atoms with Gasteiger partial charge in [0.05, 0.1) is 6.54 Å². The fourth-order valence-electron chi connectivity index (χ4n) is 2.61. The van der Waals surface area contributed by atoms with Crippen molar-refractivity contribution in [3.8, 4) is 5.75 Å². The lowest BCUT2D eigenvalue weighted by molar-refractivity contribution is 0.0530. The number of hydrogen-bond donors (Lipinski definition) is 0. The van der Waals surface area contributed by atoms with Gasteiger partial charge in [-0.15, -0.1) is 0 Å². The second-order valence-electron chi connectivity index (χ2n) is 5.50. The first-order valence-corrected chi connectivity index (χ1v) is 7.54. The highest BCUT2D eigenvalue weighted by Gasteiger charge is 2.26. The molecule has 1 aliphatic rings. The molecule has 23 heavy (non-hydrogen) atoms. The minimum Gasteiger partial charge on any atom is -0.488 e. The van der Waals surface area contributed by atoms with E-state index in [1.807, 2.05) is 0 Å². The molecule has 1 saturated heterocycles. The number of aryl methyl sites for hydroxylation is 1. The Bertz CT molecular complexity index is 744. The van der Waals surface area contributed by atoms with Crippen LogP contribution in [0.2, 0.25) is 0 Å². The van der Waals surface area contributed by atoms with Gasteiger partial charge in [-0.3, -0.25) is 14.6 Å². The van der Waals surface area contributed by atoms with Gasteiger partial charge in [-0.25, -0.2) is 4.68 Å². The second kappa shape index (κ2) is 6.60. The summed E-state index contributed by atoms with van der Waals surface area (Å²) in [5.74, 6) is 0.572. The molecule has 1 atom stereocenters. The Labute approximate surface area is 133 Å². The van der Waals surface area contributed by atoms with Crippen molar-refractivity contribution in [1.29, 1.82) is 0 Å². The summed E-state index contributed by atoms with van der Waals surface area (Å²) in [7, 11) is 1.53. The maximum atomic E-state index is 12.5. The van der Waals surface area contributed by atoms with Crippen molar-refractivity contribution < 1.29 is 9.53 Å². The number of amides is 1. The van der Waals surface area contributed by atoms with E-state index in [1.165, 1.54) is 23.9 Å². The standard InChI is InChI=1S/C16H18N4O3/c1-19-15(21)5-4-14(18-19)16(22)20-10-2-3-13(11-20)23-12-6-8-17-9-7-12/h4-9,13H,2-3,10-11H2,1H3/t13-/m0/s1. The molecule has 1 aliphatic heterocycles. The summed E-state index contributed by atoms with van der Waals surface area (Å²) >= 11 is 0. The maximum absolute atomic E-state index is 12.5. The molecule has 0 spiro atoms. The SMILES string of the molecule is Cn1nc(C(=O)N2CCC[C@H](Oc3ccncc3)C2)ccc1=O. The van der Waals surface area contributed by atoms with Crippen molar-refractivity contribution in [1.82, 2.24) is 19.7 Å². The third kappa shape index (κ3) is 3.56. The monoisotopic (exact) mass is 314 g/mol. The van der Waals surface area contributed by atoms with Crippen LogP contribution < -0.4 is 10.3 Å². The van der Waals surface area contributed by atoms with Gasteiger partial charge in [0.25, 0.3) is 11.5 Å². The Morgan fingerprint density at radius 3 is 2.78 bits per heavy atom. The van der Waals surface area contributed by atoms with Crippen LogP contribution in [0.15, 0.2) is 41.5 Å². The van der Waals surface area contributed by atoms with Gasteiger partial charge in [0.1, 0.15) is 17.5 Å². The summed E-state index contributed by atoms with van der Waals surface area (Å²) in [6.45, 7) is 1.17. The molecule has 0 N–H and O–H groups in total. The first kappa shape index (κ1) is 15.2. The highest BCUT2D eigenvalue weighted by atomic mass is 16.5. The van der Waals surface area contributed by atoms with Gasteiger partial charge in [0, 0.05) is 32.1 Å². The third-order valence-corrected chi connectivity index (χ3v) is 3.80. The Morgan fingerprint density at radius 1 is 1.26 bits per heavy atom. The molecule has 2 aromatic heterocycles. The summed E-state index contributed by atoms with van der Waals surface area (Å²) in [4.78, 5) is 29.6. The minimum absolute atomic E-state index is 0.0531. The molecule has 0 aliphatic carbocycles. The number of rotatable bonds is 3. The minimum atomic E-state index is -0.237. The number of likely N-dealkylation sites (tertiary alicyclic amines) is 1. The zero-order valence-electron chi connectivity index (χ0n) is 12.9. The number of hydrogen-bond acceptors (Lipinski definition) is 5. The van der Waals surface area contributed by atoms with Gasteiger partial charge < -0.3 is 9.64 Å². The Morgan fingerprint density at radius 2 is 2.04 bits per heavy atom. The quantitative estimate of drug-likeness (QED) is 0.840. The van der Waals surface area contributed by atoms with Gasteiger partial charge in [0.2, 0.25) is 0 Å². The fraction of sp³-hybridized carbons (Fsp3) is 0.375. The van der Waals surface area contributed by atoms with E-state index in [0.717, 1.165) is 18.6 Å². The molecule has 0 unspecified atom stereocenters. The number of aromatic nitrogens is 3. The van der Waals surface area contributed by atoms with Crippen LogP contribution in [0, 0.1) is 0 Å². The predicted octanol–water partition coefficient (Wildman–Crippen LogP) is 0.859. The summed E-state index contributed by atoms with van der Waals surface area (Å²) < 4.78 is 7.07. The van der Waals surface area contributed by atoms with Crippen LogP contribution in [0.4, 0.5) is 0 Å². The van der Waals surface area contributed by atoms with Gasteiger partial charge in [0.15, 0.2) is 0 Å². The fourth-order valence-corrected chi connectivity index (χ4v) is 2.61. The molecule has 0 radical (unpaired) electrons. The number of pyridine rings is 1. The lowest BCUT2D eigenvalue weighted by Gasteiger charge is -2.32. The Kier molecular flexibility index (Phi) is 4.36. The van der Waals surface area contributed by atoms with Crippen LogP contribution in [0.5, 0.6) is 5.75 Å². The highest BCUT2D eigenvalue weighted by Crippen LogP contribution is 2.18. The van der Waals surface area contributed by atoms with Crippen molar-refractivity contribution in [2.24, 2.45) is 7.05 Å². The molecular weight excluding hydrogens is 296 g/mol. The summed E-state index contributed by atoms with van der Waals surface area (Å²) in [6.07, 6.45) is 5.06. The second-order valence-corrected chi connectivity index (χ2v) is 5.50.